The predicted octanol–water partition coefficient (Wildman–Crippen LogP) is 2.28. The quantitative estimate of drug-likeness (QED) is 0.602. The second-order valence-electron chi connectivity index (χ2n) is 3.34. The molecule has 1 fully saturated rings. The Balaban J connectivity index is 2.39. The summed E-state index contributed by atoms with van der Waals surface area (Å²) < 4.78 is 0. The highest BCUT2D eigenvalue weighted by Gasteiger charge is 2.17. The molecule has 1 nitrogen and oxygen atoms in total. The van der Waals surface area contributed by atoms with Gasteiger partial charge in [0.25, 0.3) is 0 Å². The van der Waals surface area contributed by atoms with E-state index in [1.165, 1.54) is 5.57 Å². The molecule has 0 saturated heterocycles. The molecule has 1 aliphatic carbocycles. The number of aliphatic hydroxyl groups is 1. The Labute approximate surface area is 68.4 Å². The summed E-state index contributed by atoms with van der Waals surface area (Å²) in [5, 5.41) is 8.83. The van der Waals surface area contributed by atoms with Crippen LogP contribution in [0.2, 0.25) is 0 Å². The average molecular weight is 152 g/mol. The summed E-state index contributed by atoms with van der Waals surface area (Å²) in [5.41, 5.74) is 2.35. The van der Waals surface area contributed by atoms with Gasteiger partial charge in [-0.1, -0.05) is 18.7 Å². The smallest absolute Gasteiger partial charge is 0.0641 e. The van der Waals surface area contributed by atoms with Gasteiger partial charge in [0.1, 0.15) is 0 Å². The average Bonchev–Trinajstić information content (AvgIpc) is 2.05. The first-order chi connectivity index (χ1) is 5.24. The fourth-order valence-electron chi connectivity index (χ4n) is 1.56. The molecule has 0 unspecified atom stereocenters. The molecule has 1 rings (SSSR count). The summed E-state index contributed by atoms with van der Waals surface area (Å²) in [5.74, 6) is 0.547. The van der Waals surface area contributed by atoms with Crippen molar-refractivity contribution < 1.29 is 5.11 Å². The molecule has 0 aromatic carbocycles. The number of hydrogen-bond acceptors (Lipinski definition) is 1. The highest BCUT2D eigenvalue weighted by molar-refractivity contribution is 5.08. The maximum absolute atomic E-state index is 8.83. The van der Waals surface area contributed by atoms with E-state index in [9.17, 15) is 0 Å². The van der Waals surface area contributed by atoms with Crippen molar-refractivity contribution in [3.63, 3.8) is 0 Å². The number of rotatable bonds is 2. The first-order valence-corrected chi connectivity index (χ1v) is 4.19. The van der Waals surface area contributed by atoms with Crippen LogP contribution in [0.4, 0.5) is 0 Å². The van der Waals surface area contributed by atoms with Crippen LogP contribution in [0.15, 0.2) is 24.3 Å². The monoisotopic (exact) mass is 152 g/mol. The van der Waals surface area contributed by atoms with Crippen LogP contribution < -0.4 is 0 Å². The summed E-state index contributed by atoms with van der Waals surface area (Å²) in [7, 11) is 0. The second-order valence-corrected chi connectivity index (χ2v) is 3.34. The molecule has 1 aliphatic rings. The van der Waals surface area contributed by atoms with Crippen LogP contribution in [-0.4, -0.2) is 11.7 Å². The van der Waals surface area contributed by atoms with Gasteiger partial charge in [-0.2, -0.15) is 0 Å². The van der Waals surface area contributed by atoms with Gasteiger partial charge in [-0.3, -0.25) is 0 Å². The number of aliphatic hydroxyl groups excluding tert-OH is 1. The molecule has 0 aromatic heterocycles. The van der Waals surface area contributed by atoms with Crippen molar-refractivity contribution in [2.45, 2.75) is 25.7 Å². The molecule has 0 radical (unpaired) electrons. The molecule has 0 aromatic rings. The van der Waals surface area contributed by atoms with Gasteiger partial charge in [0.05, 0.1) is 6.61 Å². The van der Waals surface area contributed by atoms with Crippen molar-refractivity contribution in [3.8, 4) is 0 Å². The number of hydrogen-bond donors (Lipinski definition) is 1. The lowest BCUT2D eigenvalue weighted by Gasteiger charge is -2.24. The van der Waals surface area contributed by atoms with Gasteiger partial charge >= 0.3 is 0 Å². The zero-order valence-electron chi connectivity index (χ0n) is 6.97. The summed E-state index contributed by atoms with van der Waals surface area (Å²) in [6.07, 6.45) is 4.50. The minimum Gasteiger partial charge on any atom is -0.392 e. The molecule has 1 N–H and O–H groups in total. The van der Waals surface area contributed by atoms with E-state index in [2.05, 4.69) is 13.2 Å². The van der Waals surface area contributed by atoms with Gasteiger partial charge in [-0.25, -0.2) is 0 Å². The lowest BCUT2D eigenvalue weighted by Crippen LogP contribution is -2.11. The molecule has 11 heavy (non-hydrogen) atoms. The first-order valence-electron chi connectivity index (χ1n) is 4.19. The lowest BCUT2D eigenvalue weighted by molar-refractivity contribution is 0.302. The Bertz CT molecular complexity index is 160. The largest absolute Gasteiger partial charge is 0.392 e. The Morgan fingerprint density at radius 2 is 2.00 bits per heavy atom. The van der Waals surface area contributed by atoms with E-state index in [1.807, 2.05) is 0 Å². The van der Waals surface area contributed by atoms with Gasteiger partial charge in [0, 0.05) is 0 Å². The van der Waals surface area contributed by atoms with E-state index in [0.29, 0.717) is 5.92 Å². The third kappa shape index (κ3) is 2.19. The summed E-state index contributed by atoms with van der Waals surface area (Å²) in [6.45, 7) is 7.93. The Morgan fingerprint density at radius 3 is 2.45 bits per heavy atom. The Kier molecular flexibility index (Phi) is 2.89. The maximum atomic E-state index is 8.83. The predicted molar refractivity (Wildman–Crippen MR) is 47.3 cm³/mol. The minimum atomic E-state index is 0.150. The Morgan fingerprint density at radius 1 is 1.45 bits per heavy atom. The van der Waals surface area contributed by atoms with Crippen LogP contribution in [0.25, 0.3) is 0 Å². The second kappa shape index (κ2) is 3.72. The van der Waals surface area contributed by atoms with Crippen LogP contribution in [0.3, 0.4) is 0 Å². The van der Waals surface area contributed by atoms with Gasteiger partial charge < -0.3 is 5.11 Å². The molecule has 1 saturated carbocycles. The van der Waals surface area contributed by atoms with Crippen LogP contribution in [0, 0.1) is 5.92 Å². The molecule has 0 heterocycles. The van der Waals surface area contributed by atoms with Crippen molar-refractivity contribution >= 4 is 0 Å². The van der Waals surface area contributed by atoms with Crippen molar-refractivity contribution in [2.75, 3.05) is 6.61 Å². The first kappa shape index (κ1) is 8.54. The third-order valence-electron chi connectivity index (χ3n) is 2.47. The van der Waals surface area contributed by atoms with Gasteiger partial charge in [-0.15, -0.1) is 0 Å². The van der Waals surface area contributed by atoms with Crippen LogP contribution in [0.5, 0.6) is 0 Å². The van der Waals surface area contributed by atoms with Crippen LogP contribution >= 0.6 is 0 Å². The molecule has 1 heteroatoms. The fourth-order valence-corrected chi connectivity index (χ4v) is 1.56. The maximum Gasteiger partial charge on any atom is 0.0641 e. The van der Waals surface area contributed by atoms with E-state index in [0.717, 1.165) is 31.3 Å². The van der Waals surface area contributed by atoms with Crippen molar-refractivity contribution in [2.24, 2.45) is 5.92 Å². The summed E-state index contributed by atoms with van der Waals surface area (Å²) in [6, 6.07) is 0. The molecule has 0 spiro atoms. The van der Waals surface area contributed by atoms with Crippen molar-refractivity contribution in [3.05, 3.63) is 24.3 Å². The van der Waals surface area contributed by atoms with Crippen LogP contribution in [0.1, 0.15) is 25.7 Å². The molecule has 0 aliphatic heterocycles. The standard InChI is InChI=1S/C10H16O/c1-8-3-5-10(6-4-8)9(2)7-11/h10-11H,1-7H2. The molecular formula is C10H16O. The van der Waals surface area contributed by atoms with Crippen LogP contribution in [-0.2, 0) is 0 Å². The van der Waals surface area contributed by atoms with E-state index in [1.54, 1.807) is 0 Å². The zero-order chi connectivity index (χ0) is 8.27. The number of allylic oxidation sites excluding steroid dienone is 1. The normalized spacial score (nSPS) is 20.3. The van der Waals surface area contributed by atoms with E-state index < -0.39 is 0 Å². The Hall–Kier alpha value is -0.560. The molecule has 0 amide bonds. The van der Waals surface area contributed by atoms with Gasteiger partial charge in [0.15, 0.2) is 0 Å². The van der Waals surface area contributed by atoms with Crippen molar-refractivity contribution in [1.82, 2.24) is 0 Å². The minimum absolute atomic E-state index is 0.150. The fraction of sp³-hybridized carbons (Fsp3) is 0.600. The van der Waals surface area contributed by atoms with Crippen molar-refractivity contribution in [1.29, 1.82) is 0 Å². The van der Waals surface area contributed by atoms with E-state index >= 15 is 0 Å². The van der Waals surface area contributed by atoms with E-state index in [-0.39, 0.29) is 6.61 Å². The van der Waals surface area contributed by atoms with Gasteiger partial charge in [-0.05, 0) is 37.2 Å². The third-order valence-corrected chi connectivity index (χ3v) is 2.47. The lowest BCUT2D eigenvalue weighted by atomic mass is 9.83. The SMILES string of the molecule is C=C1CCC(C(=C)CO)CC1. The molecule has 62 valence electrons. The highest BCUT2D eigenvalue weighted by Crippen LogP contribution is 2.30. The molecular weight excluding hydrogens is 136 g/mol. The molecule has 0 atom stereocenters. The van der Waals surface area contributed by atoms with E-state index in [4.69, 9.17) is 5.11 Å². The highest BCUT2D eigenvalue weighted by atomic mass is 16.3. The summed E-state index contributed by atoms with van der Waals surface area (Å²) >= 11 is 0. The van der Waals surface area contributed by atoms with Gasteiger partial charge in [0.2, 0.25) is 0 Å². The zero-order valence-corrected chi connectivity index (χ0v) is 6.97. The topological polar surface area (TPSA) is 20.2 Å². The molecule has 0 bridgehead atoms. The summed E-state index contributed by atoms with van der Waals surface area (Å²) in [4.78, 5) is 0.